The Hall–Kier alpha value is -1.69. The molecule has 1 aliphatic heterocycles. The molecule has 1 aliphatic rings. The van der Waals surface area contributed by atoms with Crippen molar-refractivity contribution in [2.24, 2.45) is 0 Å². The van der Waals surface area contributed by atoms with Crippen molar-refractivity contribution in [1.29, 1.82) is 0 Å². The number of carbonyl (C=O) groups excluding carboxylic acids is 1. The highest BCUT2D eigenvalue weighted by Gasteiger charge is 2.10. The molecular formula is C18H22N2O2S. The molecule has 5 heteroatoms. The van der Waals surface area contributed by atoms with Gasteiger partial charge in [0.15, 0.2) is 0 Å². The Bertz CT molecular complexity index is 622. The van der Waals surface area contributed by atoms with E-state index in [9.17, 15) is 4.79 Å². The molecule has 0 spiro atoms. The van der Waals surface area contributed by atoms with Gasteiger partial charge in [-0.3, -0.25) is 9.69 Å². The van der Waals surface area contributed by atoms with Crippen LogP contribution in [0, 0.1) is 0 Å². The van der Waals surface area contributed by atoms with Gasteiger partial charge in [0.25, 0.3) is 5.91 Å². The summed E-state index contributed by atoms with van der Waals surface area (Å²) in [6, 6.07) is 11.9. The number of hydrogen-bond acceptors (Lipinski definition) is 4. The minimum Gasteiger partial charge on any atom is -0.379 e. The lowest BCUT2D eigenvalue weighted by atomic mass is 10.1. The van der Waals surface area contributed by atoms with E-state index in [-0.39, 0.29) is 5.91 Å². The summed E-state index contributed by atoms with van der Waals surface area (Å²) in [6.07, 6.45) is 0.969. The fraction of sp³-hybridized carbons (Fsp3) is 0.389. The molecule has 1 saturated heterocycles. The minimum absolute atomic E-state index is 0.00498. The van der Waals surface area contributed by atoms with Crippen LogP contribution in [0.15, 0.2) is 41.8 Å². The Morgan fingerprint density at radius 2 is 2.09 bits per heavy atom. The fourth-order valence-corrected chi connectivity index (χ4v) is 3.41. The number of amides is 1. The minimum atomic E-state index is 0.00498. The summed E-state index contributed by atoms with van der Waals surface area (Å²) >= 11 is 1.69. The van der Waals surface area contributed by atoms with Crippen molar-refractivity contribution >= 4 is 17.2 Å². The zero-order valence-electron chi connectivity index (χ0n) is 13.2. The van der Waals surface area contributed by atoms with E-state index >= 15 is 0 Å². The molecule has 0 atom stereocenters. The quantitative estimate of drug-likeness (QED) is 0.828. The predicted molar refractivity (Wildman–Crippen MR) is 94.0 cm³/mol. The number of nitrogens with one attached hydrogen (secondary N) is 1. The summed E-state index contributed by atoms with van der Waals surface area (Å²) in [6.45, 7) is 5.36. The van der Waals surface area contributed by atoms with Crippen molar-refractivity contribution in [2.45, 2.75) is 6.42 Å². The average Bonchev–Trinajstić information content (AvgIpc) is 3.14. The highest BCUT2D eigenvalue weighted by atomic mass is 32.1. The molecule has 3 rings (SSSR count). The van der Waals surface area contributed by atoms with Gasteiger partial charge in [0.05, 0.1) is 13.2 Å². The van der Waals surface area contributed by atoms with Crippen LogP contribution in [0.1, 0.15) is 16.8 Å². The van der Waals surface area contributed by atoms with Gasteiger partial charge in [0.1, 0.15) is 0 Å². The molecule has 0 aliphatic carbocycles. The van der Waals surface area contributed by atoms with Crippen molar-refractivity contribution in [1.82, 2.24) is 10.2 Å². The first-order valence-corrected chi connectivity index (χ1v) is 8.93. The van der Waals surface area contributed by atoms with E-state index in [4.69, 9.17) is 4.74 Å². The van der Waals surface area contributed by atoms with E-state index < -0.39 is 0 Å². The van der Waals surface area contributed by atoms with Crippen molar-refractivity contribution in [3.63, 3.8) is 0 Å². The summed E-state index contributed by atoms with van der Waals surface area (Å²) < 4.78 is 5.33. The lowest BCUT2D eigenvalue weighted by Gasteiger charge is -2.26. The monoisotopic (exact) mass is 330 g/mol. The van der Waals surface area contributed by atoms with Gasteiger partial charge in [0.2, 0.25) is 0 Å². The Kier molecular flexibility index (Phi) is 5.80. The van der Waals surface area contributed by atoms with Crippen LogP contribution in [0.3, 0.4) is 0 Å². The lowest BCUT2D eigenvalue weighted by Crippen LogP contribution is -2.38. The molecule has 122 valence electrons. The van der Waals surface area contributed by atoms with Crippen LogP contribution in [0.2, 0.25) is 0 Å². The SMILES string of the molecule is O=C(NCCCN1CCOCC1)c1cccc(-c2cccs2)c1. The van der Waals surface area contributed by atoms with Gasteiger partial charge in [-0.15, -0.1) is 11.3 Å². The van der Waals surface area contributed by atoms with E-state index in [1.54, 1.807) is 11.3 Å². The van der Waals surface area contributed by atoms with Gasteiger partial charge in [-0.25, -0.2) is 0 Å². The Balaban J connectivity index is 1.47. The third-order valence-corrected chi connectivity index (χ3v) is 4.89. The Morgan fingerprint density at radius 1 is 1.22 bits per heavy atom. The van der Waals surface area contributed by atoms with Gasteiger partial charge in [-0.2, -0.15) is 0 Å². The van der Waals surface area contributed by atoms with E-state index in [0.29, 0.717) is 6.54 Å². The van der Waals surface area contributed by atoms with Crippen LogP contribution < -0.4 is 5.32 Å². The maximum atomic E-state index is 12.3. The first-order valence-electron chi connectivity index (χ1n) is 8.05. The zero-order valence-corrected chi connectivity index (χ0v) is 14.0. The summed E-state index contributed by atoms with van der Waals surface area (Å²) in [5.74, 6) is 0.00498. The van der Waals surface area contributed by atoms with Gasteiger partial charge >= 0.3 is 0 Å². The van der Waals surface area contributed by atoms with Crippen LogP contribution in [0.4, 0.5) is 0 Å². The second kappa shape index (κ2) is 8.24. The summed E-state index contributed by atoms with van der Waals surface area (Å²) in [5, 5.41) is 5.07. The number of nitrogens with zero attached hydrogens (tertiary/aromatic N) is 1. The van der Waals surface area contributed by atoms with E-state index in [1.165, 1.54) is 4.88 Å². The van der Waals surface area contributed by atoms with Gasteiger partial charge in [-0.05, 0) is 42.1 Å². The maximum Gasteiger partial charge on any atom is 0.251 e. The molecule has 1 fully saturated rings. The summed E-state index contributed by atoms with van der Waals surface area (Å²) in [7, 11) is 0. The molecule has 1 aromatic heterocycles. The molecule has 0 saturated carbocycles. The van der Waals surface area contributed by atoms with Gasteiger partial charge in [-0.1, -0.05) is 18.2 Å². The molecule has 1 aromatic carbocycles. The fourth-order valence-electron chi connectivity index (χ4n) is 2.69. The van der Waals surface area contributed by atoms with E-state index in [0.717, 1.165) is 50.4 Å². The third kappa shape index (κ3) is 4.64. The van der Waals surface area contributed by atoms with E-state index in [2.05, 4.69) is 16.3 Å². The summed E-state index contributed by atoms with van der Waals surface area (Å²) in [4.78, 5) is 15.8. The molecule has 1 N–H and O–H groups in total. The number of ether oxygens (including phenoxy) is 1. The van der Waals surface area contributed by atoms with Gasteiger partial charge in [0, 0.05) is 30.1 Å². The average molecular weight is 330 g/mol. The molecule has 1 amide bonds. The zero-order chi connectivity index (χ0) is 15.9. The van der Waals surface area contributed by atoms with Gasteiger partial charge < -0.3 is 10.1 Å². The number of morpholine rings is 1. The van der Waals surface area contributed by atoms with Crippen LogP contribution >= 0.6 is 11.3 Å². The highest BCUT2D eigenvalue weighted by Crippen LogP contribution is 2.25. The topological polar surface area (TPSA) is 41.6 Å². The number of rotatable bonds is 6. The standard InChI is InChI=1S/C18H22N2O2S/c21-18(19-7-3-8-20-9-11-22-12-10-20)16-5-1-4-15(14-16)17-6-2-13-23-17/h1-2,4-6,13-14H,3,7-12H2,(H,19,21). The number of hydrogen-bond donors (Lipinski definition) is 1. The second-order valence-corrected chi connectivity index (χ2v) is 6.57. The van der Waals surface area contributed by atoms with Crippen LogP contribution in [0.25, 0.3) is 10.4 Å². The normalized spacial score (nSPS) is 15.5. The number of benzene rings is 1. The largest absolute Gasteiger partial charge is 0.379 e. The molecule has 4 nitrogen and oxygen atoms in total. The second-order valence-electron chi connectivity index (χ2n) is 5.62. The predicted octanol–water partition coefficient (Wildman–Crippen LogP) is 2.87. The van der Waals surface area contributed by atoms with Crippen molar-refractivity contribution < 1.29 is 9.53 Å². The first kappa shape index (κ1) is 16.2. The molecule has 2 aromatic rings. The lowest BCUT2D eigenvalue weighted by molar-refractivity contribution is 0.0374. The summed E-state index contributed by atoms with van der Waals surface area (Å²) in [5.41, 5.74) is 1.82. The molecule has 2 heterocycles. The molecular weight excluding hydrogens is 308 g/mol. The maximum absolute atomic E-state index is 12.3. The van der Waals surface area contributed by atoms with Crippen molar-refractivity contribution in [3.8, 4) is 10.4 Å². The molecule has 23 heavy (non-hydrogen) atoms. The number of thiophene rings is 1. The Morgan fingerprint density at radius 3 is 2.87 bits per heavy atom. The molecule has 0 radical (unpaired) electrons. The highest BCUT2D eigenvalue weighted by molar-refractivity contribution is 7.13. The van der Waals surface area contributed by atoms with Crippen LogP contribution in [-0.4, -0.2) is 50.2 Å². The Labute approximate surface area is 141 Å². The van der Waals surface area contributed by atoms with E-state index in [1.807, 2.05) is 35.7 Å². The first-order chi connectivity index (χ1) is 11.3. The molecule has 0 unspecified atom stereocenters. The van der Waals surface area contributed by atoms with Crippen molar-refractivity contribution in [3.05, 3.63) is 47.3 Å². The smallest absolute Gasteiger partial charge is 0.251 e. The number of carbonyl (C=O) groups is 1. The van der Waals surface area contributed by atoms with Crippen LogP contribution in [-0.2, 0) is 4.74 Å². The molecule has 0 bridgehead atoms. The van der Waals surface area contributed by atoms with Crippen molar-refractivity contribution in [2.75, 3.05) is 39.4 Å². The van der Waals surface area contributed by atoms with Crippen LogP contribution in [0.5, 0.6) is 0 Å². The third-order valence-electron chi connectivity index (χ3n) is 3.97.